The first-order chi connectivity index (χ1) is 5.86. The zero-order chi connectivity index (χ0) is 8.97. The predicted octanol–water partition coefficient (Wildman–Crippen LogP) is 3.58. The van der Waals surface area contributed by atoms with E-state index < -0.39 is 0 Å². The molecule has 1 heterocycles. The van der Waals surface area contributed by atoms with Crippen LogP contribution in [0.3, 0.4) is 0 Å². The number of nitrogens with one attached hydrogen (secondary N) is 1. The zero-order valence-electron chi connectivity index (χ0n) is 7.26. The van der Waals surface area contributed by atoms with Crippen LogP contribution in [0.2, 0.25) is 0 Å². The van der Waals surface area contributed by atoms with Gasteiger partial charge >= 0.3 is 0 Å². The smallest absolute Gasteiger partial charge is 0.123 e. The summed E-state index contributed by atoms with van der Waals surface area (Å²) in [6.45, 7) is 4.00. The third kappa shape index (κ3) is 1.64. The van der Waals surface area contributed by atoms with Gasteiger partial charge in [-0.1, -0.05) is 13.8 Å². The summed E-state index contributed by atoms with van der Waals surface area (Å²) in [7, 11) is 0. The second kappa shape index (κ2) is 3.90. The molecular weight excluding hydrogens is 153 g/mol. The molecule has 1 nitrogen and oxygen atoms in total. The van der Waals surface area contributed by atoms with Crippen LogP contribution in [0.5, 0.6) is 0 Å². The highest BCUT2D eigenvalue weighted by Crippen LogP contribution is 2.12. The summed E-state index contributed by atoms with van der Waals surface area (Å²) < 4.78 is 12.5. The first kappa shape index (κ1) is 8.78. The van der Waals surface area contributed by atoms with E-state index in [0.717, 1.165) is 10.9 Å². The van der Waals surface area contributed by atoms with Crippen molar-refractivity contribution >= 4 is 10.9 Å². The Morgan fingerprint density at radius 3 is 2.75 bits per heavy atom. The van der Waals surface area contributed by atoms with Crippen molar-refractivity contribution in [2.24, 2.45) is 0 Å². The van der Waals surface area contributed by atoms with E-state index in [-0.39, 0.29) is 7.24 Å². The van der Waals surface area contributed by atoms with Gasteiger partial charge in [-0.3, -0.25) is 0 Å². The fraction of sp³-hybridized carbons (Fsp3) is 0.200. The molecule has 0 unspecified atom stereocenters. The molecule has 2 rings (SSSR count). The Kier molecular flexibility index (Phi) is 2.86. The molecule has 0 amide bonds. The van der Waals surface area contributed by atoms with E-state index >= 15 is 0 Å². The van der Waals surface area contributed by atoms with Crippen molar-refractivity contribution in [2.75, 3.05) is 0 Å². The van der Waals surface area contributed by atoms with Gasteiger partial charge in [0.05, 0.1) is 0 Å². The average molecular weight is 167 g/mol. The fourth-order valence-electron chi connectivity index (χ4n) is 1.02. The largest absolute Gasteiger partial charge is 0.361 e. The van der Waals surface area contributed by atoms with Gasteiger partial charge in [0.1, 0.15) is 5.82 Å². The summed E-state index contributed by atoms with van der Waals surface area (Å²) in [5.41, 5.74) is 0.974. The number of benzene rings is 1. The quantitative estimate of drug-likeness (QED) is 0.617. The van der Waals surface area contributed by atoms with Crippen LogP contribution in [0.15, 0.2) is 30.5 Å². The maximum atomic E-state index is 12.5. The standard InChI is InChI=1S/C8H6FN.C2H6.H2/c9-7-1-2-8-6(5-7)3-4-10-8;1-2;/h1-5,10H;1-2H3;1H. The van der Waals surface area contributed by atoms with Gasteiger partial charge in [0, 0.05) is 18.5 Å². The van der Waals surface area contributed by atoms with Crippen molar-refractivity contribution in [1.29, 1.82) is 0 Å². The van der Waals surface area contributed by atoms with Crippen molar-refractivity contribution in [3.05, 3.63) is 36.3 Å². The molecule has 0 saturated carbocycles. The minimum Gasteiger partial charge on any atom is -0.361 e. The van der Waals surface area contributed by atoms with Crippen molar-refractivity contribution in [3.8, 4) is 0 Å². The normalized spacial score (nSPS) is 9.25. The number of fused-ring (bicyclic) bond motifs is 1. The maximum Gasteiger partial charge on any atom is 0.123 e. The van der Waals surface area contributed by atoms with Crippen LogP contribution in [0.25, 0.3) is 10.9 Å². The minimum absolute atomic E-state index is 0. The molecular formula is C10H14FN. The van der Waals surface area contributed by atoms with Crippen molar-refractivity contribution in [3.63, 3.8) is 0 Å². The molecule has 12 heavy (non-hydrogen) atoms. The maximum absolute atomic E-state index is 12.5. The molecule has 1 aromatic carbocycles. The topological polar surface area (TPSA) is 15.8 Å². The van der Waals surface area contributed by atoms with Crippen LogP contribution < -0.4 is 0 Å². The number of hydrogen-bond acceptors (Lipinski definition) is 0. The van der Waals surface area contributed by atoms with Crippen LogP contribution >= 0.6 is 0 Å². The molecule has 0 aliphatic carbocycles. The van der Waals surface area contributed by atoms with Gasteiger partial charge in [0.15, 0.2) is 0 Å². The average Bonchev–Trinajstić information content (AvgIpc) is 2.54. The van der Waals surface area contributed by atoms with E-state index in [0.29, 0.717) is 0 Å². The van der Waals surface area contributed by atoms with Gasteiger partial charge in [-0.2, -0.15) is 0 Å². The summed E-state index contributed by atoms with van der Waals surface area (Å²) in [6, 6.07) is 6.52. The molecule has 1 N–H and O–H groups in total. The van der Waals surface area contributed by atoms with E-state index in [2.05, 4.69) is 4.98 Å². The van der Waals surface area contributed by atoms with Gasteiger partial charge in [-0.15, -0.1) is 0 Å². The lowest BCUT2D eigenvalue weighted by Crippen LogP contribution is -1.70. The van der Waals surface area contributed by atoms with E-state index in [9.17, 15) is 4.39 Å². The molecule has 0 spiro atoms. The molecule has 0 bridgehead atoms. The first-order valence-corrected chi connectivity index (χ1v) is 4.09. The molecule has 66 valence electrons. The van der Waals surface area contributed by atoms with Gasteiger partial charge < -0.3 is 4.98 Å². The summed E-state index contributed by atoms with van der Waals surface area (Å²) in [5, 5.41) is 0.917. The summed E-state index contributed by atoms with van der Waals surface area (Å²) in [6.07, 6.45) is 1.80. The lowest BCUT2D eigenvalue weighted by Gasteiger charge is -1.87. The minimum atomic E-state index is -0.188. The zero-order valence-corrected chi connectivity index (χ0v) is 7.26. The van der Waals surface area contributed by atoms with Gasteiger partial charge in [0.25, 0.3) is 0 Å². The predicted molar refractivity (Wildman–Crippen MR) is 51.7 cm³/mol. The van der Waals surface area contributed by atoms with Crippen LogP contribution in [-0.4, -0.2) is 4.98 Å². The van der Waals surface area contributed by atoms with Gasteiger partial charge in [-0.25, -0.2) is 4.39 Å². The molecule has 0 aliphatic heterocycles. The Balaban J connectivity index is 0.000000451. The Morgan fingerprint density at radius 1 is 1.25 bits per heavy atom. The molecule has 2 heteroatoms. The summed E-state index contributed by atoms with van der Waals surface area (Å²) in [5.74, 6) is -0.188. The Hall–Kier alpha value is -1.31. The first-order valence-electron chi connectivity index (χ1n) is 4.09. The van der Waals surface area contributed by atoms with Crippen LogP contribution in [0.1, 0.15) is 15.3 Å². The van der Waals surface area contributed by atoms with Crippen molar-refractivity contribution in [1.82, 2.24) is 4.98 Å². The van der Waals surface area contributed by atoms with Gasteiger partial charge in [0.2, 0.25) is 0 Å². The highest BCUT2D eigenvalue weighted by atomic mass is 19.1. The summed E-state index contributed by atoms with van der Waals surface area (Å²) in [4.78, 5) is 2.98. The van der Waals surface area contributed by atoms with Gasteiger partial charge in [-0.05, 0) is 24.3 Å². The number of rotatable bonds is 0. The van der Waals surface area contributed by atoms with Crippen LogP contribution in [0.4, 0.5) is 4.39 Å². The Bertz CT molecular complexity index is 356. The van der Waals surface area contributed by atoms with Crippen molar-refractivity contribution in [2.45, 2.75) is 13.8 Å². The SMILES string of the molecule is CC.Fc1ccc2[nH]ccc2c1.[HH]. The van der Waals surface area contributed by atoms with E-state index in [1.165, 1.54) is 12.1 Å². The molecule has 0 fully saturated rings. The third-order valence-electron chi connectivity index (χ3n) is 1.52. The molecule has 2 aromatic rings. The molecule has 0 aliphatic rings. The monoisotopic (exact) mass is 167 g/mol. The van der Waals surface area contributed by atoms with Crippen LogP contribution in [0, 0.1) is 5.82 Å². The molecule has 0 saturated heterocycles. The summed E-state index contributed by atoms with van der Waals surface area (Å²) >= 11 is 0. The number of aromatic amines is 1. The highest BCUT2D eigenvalue weighted by Gasteiger charge is 1.93. The molecule has 0 radical (unpaired) electrons. The number of halogens is 1. The number of H-pyrrole nitrogens is 1. The van der Waals surface area contributed by atoms with Crippen LogP contribution in [-0.2, 0) is 0 Å². The van der Waals surface area contributed by atoms with E-state index in [1.54, 1.807) is 12.3 Å². The number of hydrogen-bond donors (Lipinski definition) is 1. The molecule has 0 atom stereocenters. The third-order valence-corrected chi connectivity index (χ3v) is 1.52. The second-order valence-corrected chi connectivity index (χ2v) is 2.21. The highest BCUT2D eigenvalue weighted by molar-refractivity contribution is 5.78. The Morgan fingerprint density at radius 2 is 2.00 bits per heavy atom. The van der Waals surface area contributed by atoms with E-state index in [4.69, 9.17) is 0 Å². The molecule has 1 aromatic heterocycles. The Labute approximate surface area is 72.7 Å². The van der Waals surface area contributed by atoms with E-state index in [1.807, 2.05) is 19.9 Å². The number of aromatic nitrogens is 1. The van der Waals surface area contributed by atoms with Crippen molar-refractivity contribution < 1.29 is 5.82 Å². The fourth-order valence-corrected chi connectivity index (χ4v) is 1.02. The lowest BCUT2D eigenvalue weighted by atomic mass is 10.2. The second-order valence-electron chi connectivity index (χ2n) is 2.21. The lowest BCUT2D eigenvalue weighted by molar-refractivity contribution is 0.630.